The van der Waals surface area contributed by atoms with Gasteiger partial charge in [0.05, 0.1) is 35.3 Å². The highest BCUT2D eigenvalue weighted by Crippen LogP contribution is 2.65. The molecule has 6 aliphatic rings. The van der Waals surface area contributed by atoms with Crippen molar-refractivity contribution in [3.8, 4) is 5.69 Å². The van der Waals surface area contributed by atoms with Gasteiger partial charge in [-0.1, -0.05) is 36.4 Å². The molecule has 0 spiro atoms. The van der Waals surface area contributed by atoms with E-state index in [0.29, 0.717) is 23.2 Å². The Morgan fingerprint density at radius 3 is 1.54 bits per heavy atom. The quantitative estimate of drug-likeness (QED) is 0.429. The van der Waals surface area contributed by atoms with Crippen molar-refractivity contribution in [2.75, 3.05) is 4.90 Å². The van der Waals surface area contributed by atoms with Crippen LogP contribution in [-0.2, 0) is 9.59 Å². The van der Waals surface area contributed by atoms with Gasteiger partial charge in [0.15, 0.2) is 0 Å². The molecule has 9 rings (SSSR count). The number of allylic oxidation sites excluding steroid dienone is 2. The Kier molecular flexibility index (Phi) is 3.53. The molecule has 2 unspecified atom stereocenters. The van der Waals surface area contributed by atoms with Crippen LogP contribution in [0.25, 0.3) is 5.69 Å². The molecule has 1 aromatic heterocycles. The molecular weight excluding hydrogens is 444 g/mol. The summed E-state index contributed by atoms with van der Waals surface area (Å²) in [5.74, 6) is -1.26. The Morgan fingerprint density at radius 1 is 0.600 bits per heavy atom. The summed E-state index contributed by atoms with van der Waals surface area (Å²) in [5, 5.41) is 0. The summed E-state index contributed by atoms with van der Waals surface area (Å²) in [4.78, 5) is 56.7. The number of hydrogen-bond donors (Lipinski definition) is 0. The Morgan fingerprint density at radius 2 is 1.06 bits per heavy atom. The molecule has 0 N–H and O–H groups in total. The summed E-state index contributed by atoms with van der Waals surface area (Å²) >= 11 is 0. The van der Waals surface area contributed by atoms with Crippen molar-refractivity contribution >= 4 is 17.5 Å². The zero-order chi connectivity index (χ0) is 23.6. The SMILES string of the molecule is O=C1C2C(C(=O)N1c1ccccc1)[C@@H]1C3=C([C@@H]4CC[C@H]3C4)[C@H]2n2c(=O)n(-c3ccccc3)c(=O)n21. The molecule has 3 aliphatic heterocycles. The van der Waals surface area contributed by atoms with E-state index in [-0.39, 0.29) is 11.8 Å². The maximum atomic E-state index is 13.9. The topological polar surface area (TPSA) is 86.3 Å². The number of hydrogen-bond acceptors (Lipinski definition) is 4. The molecule has 3 aromatic rings. The first-order valence-corrected chi connectivity index (χ1v) is 12.3. The number of amides is 2. The molecule has 4 heterocycles. The number of para-hydroxylation sites is 2. The van der Waals surface area contributed by atoms with E-state index < -0.39 is 35.3 Å². The molecule has 8 heteroatoms. The number of imide groups is 1. The van der Waals surface area contributed by atoms with Gasteiger partial charge in [-0.2, -0.15) is 0 Å². The molecule has 6 atom stereocenters. The molecule has 2 amide bonds. The highest BCUT2D eigenvalue weighted by Gasteiger charge is 2.67. The first kappa shape index (κ1) is 19.4. The predicted molar refractivity (Wildman–Crippen MR) is 126 cm³/mol. The van der Waals surface area contributed by atoms with Crippen molar-refractivity contribution in [3.63, 3.8) is 0 Å². The van der Waals surface area contributed by atoms with Gasteiger partial charge in [0.2, 0.25) is 11.8 Å². The third-order valence-corrected chi connectivity index (χ3v) is 8.92. The van der Waals surface area contributed by atoms with Crippen LogP contribution in [0.5, 0.6) is 0 Å². The summed E-state index contributed by atoms with van der Waals surface area (Å²) in [6, 6.07) is 16.7. The number of carbonyl (C=O) groups excluding carboxylic acids is 2. The van der Waals surface area contributed by atoms with Crippen LogP contribution in [0.1, 0.15) is 31.3 Å². The lowest BCUT2D eigenvalue weighted by atomic mass is 9.65. The standard InChI is InChI=1S/C27H22N4O4/c32-24-20-21(25(33)28(24)16-7-3-1-4-8-16)23-19-15-12-11-14(13-15)18(19)22(20)30-26(34)29(27(35)31(23)30)17-9-5-2-6-10-17/h1-10,14-15,20-23H,11-13H2/t14-,15+,20?,21?,22-,23+. The van der Waals surface area contributed by atoms with E-state index in [9.17, 15) is 19.2 Å². The van der Waals surface area contributed by atoms with E-state index in [1.807, 2.05) is 12.1 Å². The molecule has 0 radical (unpaired) electrons. The Hall–Kier alpha value is -3.94. The van der Waals surface area contributed by atoms with Crippen LogP contribution in [0.4, 0.5) is 5.69 Å². The number of nitrogens with zero attached hydrogens (tertiary/aromatic N) is 4. The molecule has 2 aromatic carbocycles. The molecule has 2 fully saturated rings. The average Bonchev–Trinajstić information content (AvgIpc) is 3.63. The Balaban J connectivity index is 1.39. The molecule has 1 saturated carbocycles. The average molecular weight is 466 g/mol. The minimum absolute atomic E-state index is 0.270. The summed E-state index contributed by atoms with van der Waals surface area (Å²) in [6.45, 7) is 0. The first-order chi connectivity index (χ1) is 17.1. The number of benzene rings is 2. The fraction of sp³-hybridized carbons (Fsp3) is 0.333. The molecule has 35 heavy (non-hydrogen) atoms. The molecule has 8 nitrogen and oxygen atoms in total. The van der Waals surface area contributed by atoms with E-state index in [2.05, 4.69) is 0 Å². The van der Waals surface area contributed by atoms with Gasteiger partial charge in [0.1, 0.15) is 0 Å². The second-order valence-corrected chi connectivity index (χ2v) is 10.3. The monoisotopic (exact) mass is 466 g/mol. The fourth-order valence-corrected chi connectivity index (χ4v) is 7.78. The smallest absolute Gasteiger partial charge is 0.274 e. The van der Waals surface area contributed by atoms with Gasteiger partial charge in [-0.05, 0) is 66.5 Å². The minimum Gasteiger partial charge on any atom is -0.274 e. The maximum Gasteiger partial charge on any atom is 0.352 e. The van der Waals surface area contributed by atoms with Crippen molar-refractivity contribution in [3.05, 3.63) is 92.8 Å². The first-order valence-electron chi connectivity index (χ1n) is 12.3. The zero-order valence-corrected chi connectivity index (χ0v) is 18.8. The normalized spacial score (nSPS) is 31.8. The number of aromatic nitrogens is 3. The largest absolute Gasteiger partial charge is 0.352 e. The lowest BCUT2D eigenvalue weighted by Gasteiger charge is -2.48. The summed E-state index contributed by atoms with van der Waals surface area (Å²) in [5.41, 5.74) is 2.45. The van der Waals surface area contributed by atoms with E-state index in [1.54, 1.807) is 48.5 Å². The number of carbonyl (C=O) groups is 2. The van der Waals surface area contributed by atoms with Gasteiger partial charge in [0.25, 0.3) is 0 Å². The summed E-state index contributed by atoms with van der Waals surface area (Å²) < 4.78 is 4.22. The minimum atomic E-state index is -0.672. The molecule has 4 bridgehead atoms. The van der Waals surface area contributed by atoms with E-state index in [1.165, 1.54) is 18.8 Å². The highest BCUT2D eigenvalue weighted by atomic mass is 16.2. The van der Waals surface area contributed by atoms with Crippen LogP contribution in [0.15, 0.2) is 81.4 Å². The third-order valence-electron chi connectivity index (χ3n) is 8.92. The van der Waals surface area contributed by atoms with Gasteiger partial charge in [0, 0.05) is 0 Å². The third kappa shape index (κ3) is 2.14. The predicted octanol–water partition coefficient (Wildman–Crippen LogP) is 2.44. The van der Waals surface area contributed by atoms with E-state index in [0.717, 1.165) is 30.4 Å². The van der Waals surface area contributed by atoms with Crippen LogP contribution >= 0.6 is 0 Å². The van der Waals surface area contributed by atoms with E-state index in [4.69, 9.17) is 0 Å². The van der Waals surface area contributed by atoms with Gasteiger partial charge < -0.3 is 0 Å². The zero-order valence-electron chi connectivity index (χ0n) is 18.8. The molecule has 1 saturated heterocycles. The van der Waals surface area contributed by atoms with Gasteiger partial charge in [-0.3, -0.25) is 9.59 Å². The second kappa shape index (κ2) is 6.38. The number of anilines is 1. The van der Waals surface area contributed by atoms with Crippen molar-refractivity contribution in [1.29, 1.82) is 0 Å². The number of rotatable bonds is 2. The fourth-order valence-electron chi connectivity index (χ4n) is 7.78. The van der Waals surface area contributed by atoms with Crippen LogP contribution in [0.2, 0.25) is 0 Å². The number of fused-ring (bicyclic) bond motifs is 2. The molecule has 174 valence electrons. The van der Waals surface area contributed by atoms with Crippen molar-refractivity contribution in [2.45, 2.75) is 31.3 Å². The van der Waals surface area contributed by atoms with Crippen molar-refractivity contribution < 1.29 is 9.59 Å². The molecular formula is C27H22N4O4. The highest BCUT2D eigenvalue weighted by molar-refractivity contribution is 6.22. The van der Waals surface area contributed by atoms with Crippen LogP contribution in [0, 0.1) is 23.7 Å². The van der Waals surface area contributed by atoms with E-state index >= 15 is 0 Å². The second-order valence-electron chi connectivity index (χ2n) is 10.3. The maximum absolute atomic E-state index is 13.9. The van der Waals surface area contributed by atoms with Crippen LogP contribution < -0.4 is 16.3 Å². The summed E-state index contributed by atoms with van der Waals surface area (Å²) in [7, 11) is 0. The van der Waals surface area contributed by atoms with Crippen molar-refractivity contribution in [2.24, 2.45) is 23.7 Å². The lowest BCUT2D eigenvalue weighted by Crippen LogP contribution is -2.54. The van der Waals surface area contributed by atoms with Gasteiger partial charge >= 0.3 is 11.4 Å². The van der Waals surface area contributed by atoms with Crippen molar-refractivity contribution in [1.82, 2.24) is 13.9 Å². The van der Waals surface area contributed by atoms with Gasteiger partial charge in [-0.25, -0.2) is 28.4 Å². The van der Waals surface area contributed by atoms with Gasteiger partial charge in [-0.15, -0.1) is 0 Å². The molecule has 3 aliphatic carbocycles. The lowest BCUT2D eigenvalue weighted by molar-refractivity contribution is -0.125. The van der Waals surface area contributed by atoms with Crippen LogP contribution in [-0.4, -0.2) is 25.7 Å². The summed E-state index contributed by atoms with van der Waals surface area (Å²) in [6.07, 6.45) is 3.06. The Labute approximate surface area is 199 Å². The Bertz CT molecular complexity index is 1520. The van der Waals surface area contributed by atoms with Crippen LogP contribution in [0.3, 0.4) is 0 Å².